The first-order chi connectivity index (χ1) is 17.9. The highest BCUT2D eigenvalue weighted by molar-refractivity contribution is 7.98. The van der Waals surface area contributed by atoms with Crippen LogP contribution in [0.4, 0.5) is 5.82 Å². The van der Waals surface area contributed by atoms with E-state index in [9.17, 15) is 4.79 Å². The van der Waals surface area contributed by atoms with Gasteiger partial charge in [0.05, 0.1) is 25.0 Å². The van der Waals surface area contributed by atoms with Gasteiger partial charge in [-0.25, -0.2) is 34.9 Å². The average Bonchev–Trinajstić information content (AvgIpc) is 3.77. The van der Waals surface area contributed by atoms with E-state index in [1.54, 1.807) is 35.8 Å². The molecule has 0 saturated heterocycles. The zero-order valence-corrected chi connectivity index (χ0v) is 22.3. The zero-order valence-electron chi connectivity index (χ0n) is 21.5. The highest BCUT2D eigenvalue weighted by Crippen LogP contribution is 2.45. The predicted molar refractivity (Wildman–Crippen MR) is 142 cm³/mol. The minimum absolute atomic E-state index is 0.116. The fourth-order valence-corrected chi connectivity index (χ4v) is 4.47. The SMILES string of the molecule is CC[C@@H](C)n1c(=O)c(NCc2ncc(SC)cn2)nc2c(C)nc(-c3c(OC)ncnc3C3CC3)nc21. The Kier molecular flexibility index (Phi) is 7.00. The van der Waals surface area contributed by atoms with Gasteiger partial charge in [-0.05, 0) is 39.4 Å². The molecule has 5 rings (SSSR count). The Labute approximate surface area is 218 Å². The summed E-state index contributed by atoms with van der Waals surface area (Å²) >= 11 is 1.57. The Morgan fingerprint density at radius 1 is 1.16 bits per heavy atom. The van der Waals surface area contributed by atoms with Gasteiger partial charge in [0.1, 0.15) is 23.2 Å². The highest BCUT2D eigenvalue weighted by atomic mass is 32.2. The summed E-state index contributed by atoms with van der Waals surface area (Å²) < 4.78 is 7.25. The fraction of sp³-hybridized carbons (Fsp3) is 0.440. The number of ether oxygens (including phenoxy) is 1. The van der Waals surface area contributed by atoms with Gasteiger partial charge in [0.25, 0.3) is 5.56 Å². The van der Waals surface area contributed by atoms with Crippen LogP contribution in [0.25, 0.3) is 22.6 Å². The van der Waals surface area contributed by atoms with Gasteiger partial charge >= 0.3 is 0 Å². The fourth-order valence-electron chi connectivity index (χ4n) is 4.15. The number of hydrogen-bond donors (Lipinski definition) is 1. The number of nitrogens with zero attached hydrogens (tertiary/aromatic N) is 8. The Morgan fingerprint density at radius 3 is 2.57 bits per heavy atom. The standard InChI is InChI=1S/C25H29N9O2S/c1-6-13(2)34-23-19(32-22(25(34)35)28-11-17-26-9-16(37-5)10-27-17)14(3)31-21(33-23)18-20(15-7-8-15)29-12-30-24(18)36-4/h9-10,12-13,15H,6-8,11H2,1-5H3,(H,28,32)/t13-/m1/s1. The van der Waals surface area contributed by atoms with Crippen molar-refractivity contribution in [2.24, 2.45) is 0 Å². The minimum atomic E-state index is -0.259. The van der Waals surface area contributed by atoms with Crippen LogP contribution in [0.15, 0.2) is 28.4 Å². The van der Waals surface area contributed by atoms with Crippen molar-refractivity contribution in [2.75, 3.05) is 18.7 Å². The minimum Gasteiger partial charge on any atom is -0.480 e. The van der Waals surface area contributed by atoms with Crippen molar-refractivity contribution in [2.45, 2.75) is 63.4 Å². The number of aromatic nitrogens is 8. The second kappa shape index (κ2) is 10.4. The topological polar surface area (TPSA) is 133 Å². The molecule has 1 aliphatic carbocycles. The van der Waals surface area contributed by atoms with E-state index in [1.807, 2.05) is 27.0 Å². The Balaban J connectivity index is 1.63. The van der Waals surface area contributed by atoms with Crippen molar-refractivity contribution >= 4 is 28.7 Å². The molecule has 0 aliphatic heterocycles. The molecule has 0 spiro atoms. The van der Waals surface area contributed by atoms with Crippen LogP contribution in [-0.2, 0) is 6.54 Å². The smallest absolute Gasteiger partial charge is 0.295 e. The van der Waals surface area contributed by atoms with Gasteiger partial charge in [0.2, 0.25) is 5.88 Å². The first-order valence-corrected chi connectivity index (χ1v) is 13.5. The Bertz CT molecular complexity index is 1500. The van der Waals surface area contributed by atoms with E-state index >= 15 is 0 Å². The lowest BCUT2D eigenvalue weighted by atomic mass is 10.1. The molecule has 4 heterocycles. The first-order valence-electron chi connectivity index (χ1n) is 12.2. The second-order valence-electron chi connectivity index (χ2n) is 9.01. The molecule has 1 fully saturated rings. The molecule has 0 unspecified atom stereocenters. The summed E-state index contributed by atoms with van der Waals surface area (Å²) in [6.07, 6.45) is 9.84. The molecule has 11 nitrogen and oxygen atoms in total. The molecule has 0 bridgehead atoms. The lowest BCUT2D eigenvalue weighted by molar-refractivity contribution is 0.397. The van der Waals surface area contributed by atoms with Crippen LogP contribution in [0.1, 0.15) is 62.3 Å². The number of rotatable bonds is 9. The Hall–Kier alpha value is -3.67. The molecule has 1 N–H and O–H groups in total. The van der Waals surface area contributed by atoms with Crippen LogP contribution in [0.5, 0.6) is 5.88 Å². The van der Waals surface area contributed by atoms with Gasteiger partial charge in [0.15, 0.2) is 17.3 Å². The maximum atomic E-state index is 13.7. The molecular formula is C25H29N9O2S. The number of methoxy groups -OCH3 is 1. The normalized spacial score (nSPS) is 14.1. The van der Waals surface area contributed by atoms with Crippen molar-refractivity contribution < 1.29 is 4.74 Å². The lowest BCUT2D eigenvalue weighted by Gasteiger charge is -2.19. The van der Waals surface area contributed by atoms with Crippen LogP contribution in [-0.4, -0.2) is 52.8 Å². The number of hydrogen-bond acceptors (Lipinski definition) is 11. The van der Waals surface area contributed by atoms with Gasteiger partial charge in [-0.2, -0.15) is 0 Å². The lowest BCUT2D eigenvalue weighted by Crippen LogP contribution is -2.29. The third-order valence-corrected chi connectivity index (χ3v) is 7.18. The number of anilines is 1. The van der Waals surface area contributed by atoms with Gasteiger partial charge in [-0.3, -0.25) is 9.36 Å². The molecule has 37 heavy (non-hydrogen) atoms. The van der Waals surface area contributed by atoms with Gasteiger partial charge in [0, 0.05) is 29.2 Å². The van der Waals surface area contributed by atoms with E-state index in [0.717, 1.165) is 29.9 Å². The molecule has 0 amide bonds. The Morgan fingerprint density at radius 2 is 1.92 bits per heavy atom. The van der Waals surface area contributed by atoms with Crippen LogP contribution in [0, 0.1) is 6.92 Å². The summed E-state index contributed by atoms with van der Waals surface area (Å²) in [5.41, 5.74) is 2.96. The predicted octanol–water partition coefficient (Wildman–Crippen LogP) is 3.93. The molecule has 4 aromatic rings. The molecule has 1 aliphatic rings. The number of aryl methyl sites for hydroxylation is 1. The van der Waals surface area contributed by atoms with Crippen molar-refractivity contribution in [3.05, 3.63) is 46.3 Å². The van der Waals surface area contributed by atoms with Gasteiger partial charge < -0.3 is 10.1 Å². The molecule has 4 aromatic heterocycles. The third-order valence-electron chi connectivity index (χ3n) is 6.50. The molecule has 12 heteroatoms. The highest BCUT2D eigenvalue weighted by Gasteiger charge is 2.32. The third kappa shape index (κ3) is 4.85. The van der Waals surface area contributed by atoms with E-state index in [1.165, 1.54) is 6.33 Å². The molecule has 192 valence electrons. The summed E-state index contributed by atoms with van der Waals surface area (Å²) in [5.74, 6) is 1.97. The zero-order chi connectivity index (χ0) is 26.1. The maximum Gasteiger partial charge on any atom is 0.295 e. The maximum absolute atomic E-state index is 13.7. The molecule has 1 saturated carbocycles. The van der Waals surface area contributed by atoms with Crippen molar-refractivity contribution in [1.82, 2.24) is 39.5 Å². The van der Waals surface area contributed by atoms with Gasteiger partial charge in [-0.1, -0.05) is 6.92 Å². The van der Waals surface area contributed by atoms with E-state index in [-0.39, 0.29) is 24.0 Å². The van der Waals surface area contributed by atoms with Crippen LogP contribution >= 0.6 is 11.8 Å². The summed E-state index contributed by atoms with van der Waals surface area (Å²) in [5, 5.41) is 3.13. The molecule has 0 radical (unpaired) electrons. The van der Waals surface area contributed by atoms with Crippen molar-refractivity contribution in [3.63, 3.8) is 0 Å². The second-order valence-corrected chi connectivity index (χ2v) is 9.89. The molecular weight excluding hydrogens is 490 g/mol. The van der Waals surface area contributed by atoms with Crippen LogP contribution in [0.2, 0.25) is 0 Å². The van der Waals surface area contributed by atoms with Crippen LogP contribution in [0.3, 0.4) is 0 Å². The molecule has 0 aromatic carbocycles. The summed E-state index contributed by atoms with van der Waals surface area (Å²) in [6.45, 7) is 6.16. The van der Waals surface area contributed by atoms with E-state index < -0.39 is 0 Å². The molecule has 1 atom stereocenters. The summed E-state index contributed by atoms with van der Waals surface area (Å²) in [7, 11) is 1.57. The van der Waals surface area contributed by atoms with E-state index in [0.29, 0.717) is 45.9 Å². The first kappa shape index (κ1) is 25.0. The van der Waals surface area contributed by atoms with Crippen molar-refractivity contribution in [3.8, 4) is 17.3 Å². The summed E-state index contributed by atoms with van der Waals surface area (Å²) in [4.78, 5) is 46.5. The van der Waals surface area contributed by atoms with Crippen molar-refractivity contribution in [1.29, 1.82) is 0 Å². The van der Waals surface area contributed by atoms with Gasteiger partial charge in [-0.15, -0.1) is 11.8 Å². The van der Waals surface area contributed by atoms with E-state index in [4.69, 9.17) is 14.7 Å². The number of thioether (sulfide) groups is 1. The van der Waals surface area contributed by atoms with Crippen LogP contribution < -0.4 is 15.6 Å². The largest absolute Gasteiger partial charge is 0.480 e. The quantitative estimate of drug-likeness (QED) is 0.322. The number of nitrogens with one attached hydrogen (secondary N) is 1. The average molecular weight is 520 g/mol. The number of fused-ring (bicyclic) bond motifs is 1. The summed E-state index contributed by atoms with van der Waals surface area (Å²) in [6, 6.07) is -0.116. The monoisotopic (exact) mass is 519 g/mol. The van der Waals surface area contributed by atoms with E-state index in [2.05, 4.69) is 30.2 Å².